The molecular weight excluding hydrogens is 208 g/mol. The molecule has 92 valence electrons. The van der Waals surface area contributed by atoms with Crippen LogP contribution >= 0.6 is 0 Å². The molecule has 5 heteroatoms. The van der Waals surface area contributed by atoms with Crippen molar-refractivity contribution in [1.82, 2.24) is 10.2 Å². The molecule has 0 saturated carbocycles. The number of nitrogens with zero attached hydrogens (tertiary/aromatic N) is 1. The van der Waals surface area contributed by atoms with Crippen molar-refractivity contribution in [2.45, 2.75) is 31.5 Å². The molecule has 2 saturated heterocycles. The Morgan fingerprint density at radius 2 is 2.38 bits per heavy atom. The van der Waals surface area contributed by atoms with E-state index in [1.165, 1.54) is 0 Å². The Morgan fingerprint density at radius 3 is 2.94 bits per heavy atom. The molecule has 0 radical (unpaired) electrons. The zero-order valence-electron chi connectivity index (χ0n) is 9.74. The van der Waals surface area contributed by atoms with Crippen LogP contribution in [0.2, 0.25) is 0 Å². The van der Waals surface area contributed by atoms with Crippen molar-refractivity contribution in [3.05, 3.63) is 0 Å². The minimum atomic E-state index is -0.362. The van der Waals surface area contributed by atoms with E-state index in [1.54, 1.807) is 4.90 Å². The van der Waals surface area contributed by atoms with Crippen molar-refractivity contribution >= 4 is 5.91 Å². The molecule has 0 aromatic heterocycles. The SMILES string of the molecule is CC1(OCC(=O)N2CCC[C@H](O)C2)CNC1. The molecule has 2 aliphatic rings. The highest BCUT2D eigenvalue weighted by Crippen LogP contribution is 2.16. The van der Waals surface area contributed by atoms with Crippen LogP contribution in [0.1, 0.15) is 19.8 Å². The van der Waals surface area contributed by atoms with Crippen LogP contribution in [0.25, 0.3) is 0 Å². The second kappa shape index (κ2) is 4.69. The topological polar surface area (TPSA) is 61.8 Å². The van der Waals surface area contributed by atoms with E-state index in [1.807, 2.05) is 6.92 Å². The summed E-state index contributed by atoms with van der Waals surface area (Å²) in [6.07, 6.45) is 1.32. The summed E-state index contributed by atoms with van der Waals surface area (Å²) in [4.78, 5) is 13.5. The first-order chi connectivity index (χ1) is 7.59. The van der Waals surface area contributed by atoms with Crippen molar-refractivity contribution in [3.8, 4) is 0 Å². The fourth-order valence-corrected chi connectivity index (χ4v) is 2.09. The van der Waals surface area contributed by atoms with Crippen LogP contribution in [0.4, 0.5) is 0 Å². The normalized spacial score (nSPS) is 28.6. The number of ether oxygens (including phenoxy) is 1. The van der Waals surface area contributed by atoms with Gasteiger partial charge in [-0.2, -0.15) is 0 Å². The largest absolute Gasteiger partial charge is 0.391 e. The molecule has 0 bridgehead atoms. The Bertz CT molecular complexity index is 266. The Balaban J connectivity index is 1.74. The third kappa shape index (κ3) is 2.72. The monoisotopic (exact) mass is 228 g/mol. The molecule has 1 atom stereocenters. The summed E-state index contributed by atoms with van der Waals surface area (Å²) in [7, 11) is 0. The first-order valence-electron chi connectivity index (χ1n) is 5.90. The molecule has 0 aliphatic carbocycles. The lowest BCUT2D eigenvalue weighted by Crippen LogP contribution is -2.60. The molecule has 2 fully saturated rings. The molecule has 0 aromatic carbocycles. The summed E-state index contributed by atoms with van der Waals surface area (Å²) >= 11 is 0. The summed E-state index contributed by atoms with van der Waals surface area (Å²) in [6.45, 7) is 4.95. The maximum absolute atomic E-state index is 11.8. The molecule has 2 heterocycles. The number of β-amino-alcohol motifs (C(OH)–C–C–N with tert-alkyl or cyclic N) is 1. The summed E-state index contributed by atoms with van der Waals surface area (Å²) in [5.41, 5.74) is -0.177. The Morgan fingerprint density at radius 1 is 1.62 bits per heavy atom. The number of hydrogen-bond donors (Lipinski definition) is 2. The fourth-order valence-electron chi connectivity index (χ4n) is 2.09. The van der Waals surface area contributed by atoms with E-state index >= 15 is 0 Å². The summed E-state index contributed by atoms with van der Waals surface area (Å²) in [5, 5.41) is 12.6. The van der Waals surface area contributed by atoms with Crippen LogP contribution < -0.4 is 5.32 Å². The summed E-state index contributed by atoms with van der Waals surface area (Å²) < 4.78 is 5.58. The smallest absolute Gasteiger partial charge is 0.248 e. The Hall–Kier alpha value is -0.650. The van der Waals surface area contributed by atoms with Crippen LogP contribution in [0.3, 0.4) is 0 Å². The minimum absolute atomic E-state index is 0.00752. The van der Waals surface area contributed by atoms with Crippen LogP contribution in [0.15, 0.2) is 0 Å². The van der Waals surface area contributed by atoms with Crippen molar-refractivity contribution in [1.29, 1.82) is 0 Å². The highest BCUT2D eigenvalue weighted by Gasteiger charge is 2.34. The maximum Gasteiger partial charge on any atom is 0.248 e. The predicted octanol–water partition coefficient (Wildman–Crippen LogP) is -0.652. The van der Waals surface area contributed by atoms with E-state index in [9.17, 15) is 9.90 Å². The van der Waals surface area contributed by atoms with Gasteiger partial charge in [0.2, 0.25) is 5.91 Å². The zero-order valence-corrected chi connectivity index (χ0v) is 9.74. The first-order valence-corrected chi connectivity index (χ1v) is 5.90. The Labute approximate surface area is 95.8 Å². The van der Waals surface area contributed by atoms with Gasteiger partial charge in [0, 0.05) is 26.2 Å². The average Bonchev–Trinajstić information content (AvgIpc) is 2.23. The van der Waals surface area contributed by atoms with E-state index in [4.69, 9.17) is 4.74 Å². The van der Waals surface area contributed by atoms with Gasteiger partial charge in [0.25, 0.3) is 0 Å². The second-order valence-electron chi connectivity index (χ2n) is 4.98. The third-order valence-corrected chi connectivity index (χ3v) is 3.29. The van der Waals surface area contributed by atoms with Gasteiger partial charge in [0.15, 0.2) is 0 Å². The molecular formula is C11H20N2O3. The first kappa shape index (κ1) is 11.8. The average molecular weight is 228 g/mol. The maximum atomic E-state index is 11.8. The number of likely N-dealkylation sites (tertiary alicyclic amines) is 1. The van der Waals surface area contributed by atoms with Crippen molar-refractivity contribution < 1.29 is 14.6 Å². The van der Waals surface area contributed by atoms with Gasteiger partial charge >= 0.3 is 0 Å². The van der Waals surface area contributed by atoms with Crippen LogP contribution in [0, 0.1) is 0 Å². The lowest BCUT2D eigenvalue weighted by atomic mass is 10.0. The van der Waals surface area contributed by atoms with Crippen molar-refractivity contribution in [2.24, 2.45) is 0 Å². The lowest BCUT2D eigenvalue weighted by molar-refractivity contribution is -0.148. The molecule has 0 aromatic rings. The van der Waals surface area contributed by atoms with Crippen LogP contribution in [-0.2, 0) is 9.53 Å². The van der Waals surface area contributed by atoms with Gasteiger partial charge in [-0.05, 0) is 19.8 Å². The molecule has 16 heavy (non-hydrogen) atoms. The highest BCUT2D eigenvalue weighted by atomic mass is 16.5. The van der Waals surface area contributed by atoms with Crippen LogP contribution in [0.5, 0.6) is 0 Å². The number of carbonyl (C=O) groups excluding carboxylic acids is 1. The molecule has 2 aliphatic heterocycles. The number of hydrogen-bond acceptors (Lipinski definition) is 4. The molecule has 0 unspecified atom stereocenters. The molecule has 2 rings (SSSR count). The quantitative estimate of drug-likeness (QED) is 0.674. The van der Waals surface area contributed by atoms with E-state index in [2.05, 4.69) is 5.32 Å². The number of piperidine rings is 1. The number of amides is 1. The molecule has 0 spiro atoms. The minimum Gasteiger partial charge on any atom is -0.391 e. The lowest BCUT2D eigenvalue weighted by Gasteiger charge is -2.39. The van der Waals surface area contributed by atoms with Gasteiger partial charge in [-0.15, -0.1) is 0 Å². The molecule has 5 nitrogen and oxygen atoms in total. The van der Waals surface area contributed by atoms with Crippen molar-refractivity contribution in [2.75, 3.05) is 32.8 Å². The number of aliphatic hydroxyl groups excluding tert-OH is 1. The number of carbonyl (C=O) groups is 1. The van der Waals surface area contributed by atoms with Gasteiger partial charge in [-0.25, -0.2) is 0 Å². The molecule has 1 amide bonds. The summed E-state index contributed by atoms with van der Waals surface area (Å²) in [5.74, 6) is -0.00752. The summed E-state index contributed by atoms with van der Waals surface area (Å²) in [6, 6.07) is 0. The zero-order chi connectivity index (χ0) is 11.6. The van der Waals surface area contributed by atoms with Crippen molar-refractivity contribution in [3.63, 3.8) is 0 Å². The van der Waals surface area contributed by atoms with E-state index in [-0.39, 0.29) is 24.2 Å². The third-order valence-electron chi connectivity index (χ3n) is 3.29. The van der Waals surface area contributed by atoms with Crippen LogP contribution in [-0.4, -0.2) is 60.4 Å². The van der Waals surface area contributed by atoms with E-state index < -0.39 is 0 Å². The highest BCUT2D eigenvalue weighted by molar-refractivity contribution is 5.77. The van der Waals surface area contributed by atoms with Gasteiger partial charge in [-0.1, -0.05) is 0 Å². The van der Waals surface area contributed by atoms with Gasteiger partial charge in [0.05, 0.1) is 11.7 Å². The molecule has 2 N–H and O–H groups in total. The standard InChI is InChI=1S/C11H20N2O3/c1-11(7-12-8-11)16-6-10(15)13-4-2-3-9(14)5-13/h9,12,14H,2-8H2,1H3/t9-/m0/s1. The van der Waals surface area contributed by atoms with E-state index in [0.717, 1.165) is 32.5 Å². The second-order valence-corrected chi connectivity index (χ2v) is 4.98. The Kier molecular flexibility index (Phi) is 3.47. The number of nitrogens with one attached hydrogen (secondary N) is 1. The van der Waals surface area contributed by atoms with Gasteiger partial charge in [0.1, 0.15) is 6.61 Å². The van der Waals surface area contributed by atoms with Gasteiger partial charge in [-0.3, -0.25) is 4.79 Å². The predicted molar refractivity (Wildman–Crippen MR) is 59.0 cm³/mol. The fraction of sp³-hybridized carbons (Fsp3) is 0.909. The van der Waals surface area contributed by atoms with E-state index in [0.29, 0.717) is 6.54 Å². The van der Waals surface area contributed by atoms with Gasteiger partial charge < -0.3 is 20.1 Å². The number of rotatable bonds is 3. The number of aliphatic hydroxyl groups is 1.